The molecular weight excluding hydrogens is 601 g/mol. The van der Waals surface area contributed by atoms with Crippen LogP contribution in [-0.4, -0.2) is 69.5 Å². The molecule has 1 aliphatic rings. The Labute approximate surface area is 257 Å². The van der Waals surface area contributed by atoms with E-state index in [0.717, 1.165) is 50.4 Å². The Balaban J connectivity index is 1.22. The average Bonchev–Trinajstić information content (AvgIpc) is 3.71. The molecule has 12 heteroatoms. The number of benzene rings is 2. The summed E-state index contributed by atoms with van der Waals surface area (Å²) in [5.41, 5.74) is 7.37. The van der Waals surface area contributed by atoms with Crippen LogP contribution in [0.5, 0.6) is 0 Å². The minimum Gasteiger partial charge on any atom is -0.353 e. The SMILES string of the molecule is CS(=O)(=O)CCc1cc(F)cc(-c2nccc3[nH]c(-c4n[nH]c5ccc(-c6cncc(CN7CCC(F)(F)C7)c6)cc45)cc23)c1. The first-order valence-corrected chi connectivity index (χ1v) is 16.5. The first kappa shape index (κ1) is 29.2. The molecule has 7 rings (SSSR count). The summed E-state index contributed by atoms with van der Waals surface area (Å²) in [5, 5.41) is 9.31. The molecule has 0 spiro atoms. The number of rotatable bonds is 8. The highest BCUT2D eigenvalue weighted by atomic mass is 32.2. The molecule has 0 unspecified atom stereocenters. The summed E-state index contributed by atoms with van der Waals surface area (Å²) in [6.07, 6.45) is 6.35. The minimum atomic E-state index is -3.20. The third kappa shape index (κ3) is 6.20. The topological polar surface area (TPSA) is 108 Å². The van der Waals surface area contributed by atoms with Crippen LogP contribution in [0.1, 0.15) is 17.5 Å². The summed E-state index contributed by atoms with van der Waals surface area (Å²) in [5.74, 6) is -3.19. The molecule has 8 nitrogen and oxygen atoms in total. The molecule has 2 N–H and O–H groups in total. The van der Waals surface area contributed by atoms with Gasteiger partial charge >= 0.3 is 0 Å². The lowest BCUT2D eigenvalue weighted by Gasteiger charge is -2.15. The summed E-state index contributed by atoms with van der Waals surface area (Å²) in [6.45, 7) is 0.519. The van der Waals surface area contributed by atoms with Crippen LogP contribution in [0.25, 0.3) is 55.6 Å². The van der Waals surface area contributed by atoms with Crippen molar-refractivity contribution in [1.29, 1.82) is 0 Å². The Morgan fingerprint density at radius 2 is 1.73 bits per heavy atom. The van der Waals surface area contributed by atoms with E-state index in [4.69, 9.17) is 0 Å². The Kier molecular flexibility index (Phi) is 7.20. The number of H-pyrrole nitrogens is 2. The quantitative estimate of drug-likeness (QED) is 0.202. The summed E-state index contributed by atoms with van der Waals surface area (Å²) in [6, 6.07) is 16.2. The molecule has 0 radical (unpaired) electrons. The molecule has 0 amide bonds. The number of nitrogens with one attached hydrogen (secondary N) is 2. The molecule has 45 heavy (non-hydrogen) atoms. The summed E-state index contributed by atoms with van der Waals surface area (Å²) in [7, 11) is -3.20. The molecule has 0 saturated carbocycles. The van der Waals surface area contributed by atoms with Crippen molar-refractivity contribution in [1.82, 2.24) is 30.0 Å². The van der Waals surface area contributed by atoms with E-state index < -0.39 is 21.6 Å². The molecule has 0 aliphatic carbocycles. The molecule has 1 aliphatic heterocycles. The molecule has 6 aromatic rings. The van der Waals surface area contributed by atoms with Crippen molar-refractivity contribution >= 4 is 31.6 Å². The maximum atomic E-state index is 14.6. The number of aromatic nitrogens is 5. The van der Waals surface area contributed by atoms with Crippen LogP contribution in [0.15, 0.2) is 73.2 Å². The van der Waals surface area contributed by atoms with Gasteiger partial charge in [0.2, 0.25) is 0 Å². The zero-order valence-electron chi connectivity index (χ0n) is 24.3. The number of nitrogens with zero attached hydrogens (tertiary/aromatic N) is 4. The van der Waals surface area contributed by atoms with Gasteiger partial charge in [0.05, 0.1) is 29.2 Å². The van der Waals surface area contributed by atoms with E-state index in [1.807, 2.05) is 36.4 Å². The molecular formula is C33H29F3N6O2S. The molecule has 0 bridgehead atoms. The number of aryl methyl sites for hydroxylation is 1. The fourth-order valence-electron chi connectivity index (χ4n) is 5.98. The number of likely N-dealkylation sites (tertiary alicyclic amines) is 1. The maximum Gasteiger partial charge on any atom is 0.261 e. The van der Waals surface area contributed by atoms with Gasteiger partial charge in [-0.3, -0.25) is 20.0 Å². The number of sulfone groups is 1. The first-order chi connectivity index (χ1) is 21.5. The second kappa shape index (κ2) is 11.1. The number of fused-ring (bicyclic) bond motifs is 2. The molecule has 4 aromatic heterocycles. The fraction of sp³-hybridized carbons (Fsp3) is 0.242. The van der Waals surface area contributed by atoms with Gasteiger partial charge < -0.3 is 4.98 Å². The smallest absolute Gasteiger partial charge is 0.261 e. The van der Waals surface area contributed by atoms with Crippen molar-refractivity contribution in [2.75, 3.05) is 25.1 Å². The number of alkyl halides is 2. The fourth-order valence-corrected chi connectivity index (χ4v) is 6.58. The van der Waals surface area contributed by atoms with E-state index in [9.17, 15) is 21.6 Å². The van der Waals surface area contributed by atoms with Crippen molar-refractivity contribution in [3.05, 3.63) is 90.1 Å². The van der Waals surface area contributed by atoms with Gasteiger partial charge in [0.15, 0.2) is 0 Å². The van der Waals surface area contributed by atoms with Crippen LogP contribution in [0.3, 0.4) is 0 Å². The largest absolute Gasteiger partial charge is 0.353 e. The summed E-state index contributed by atoms with van der Waals surface area (Å²) < 4.78 is 65.4. The highest BCUT2D eigenvalue weighted by Gasteiger charge is 2.37. The molecule has 230 valence electrons. The standard InChI is InChI=1S/C33H29F3N6O2S/c1-45(43,44)9-5-20-10-23(13-25(34)12-20)31-27-15-30(39-28(27)4-7-38-31)32-26-14-22(2-3-29(26)40-41-32)24-11-21(16-37-17-24)18-42-8-6-33(35,36)19-42/h2-4,7,10-17,39H,5-6,8-9,18-19H2,1H3,(H,40,41). The molecule has 5 heterocycles. The summed E-state index contributed by atoms with van der Waals surface area (Å²) in [4.78, 5) is 14.1. The van der Waals surface area contributed by atoms with E-state index in [2.05, 4.69) is 25.1 Å². The van der Waals surface area contributed by atoms with Crippen molar-refractivity contribution in [3.63, 3.8) is 0 Å². The van der Waals surface area contributed by atoms with Gasteiger partial charge in [-0.25, -0.2) is 21.6 Å². The average molecular weight is 631 g/mol. The third-order valence-electron chi connectivity index (χ3n) is 8.14. The van der Waals surface area contributed by atoms with E-state index >= 15 is 0 Å². The predicted molar refractivity (Wildman–Crippen MR) is 168 cm³/mol. The highest BCUT2D eigenvalue weighted by molar-refractivity contribution is 7.90. The monoisotopic (exact) mass is 630 g/mol. The Hall–Kier alpha value is -4.55. The number of hydrogen-bond acceptors (Lipinski definition) is 6. The molecule has 1 saturated heterocycles. The normalized spacial score (nSPS) is 15.4. The lowest BCUT2D eigenvalue weighted by atomic mass is 10.0. The van der Waals surface area contributed by atoms with Gasteiger partial charge in [-0.2, -0.15) is 5.10 Å². The first-order valence-electron chi connectivity index (χ1n) is 14.5. The zero-order chi connectivity index (χ0) is 31.3. The second-order valence-corrected chi connectivity index (χ2v) is 14.0. The van der Waals surface area contributed by atoms with Gasteiger partial charge in [0.1, 0.15) is 21.3 Å². The number of pyridine rings is 2. The highest BCUT2D eigenvalue weighted by Crippen LogP contribution is 2.35. The Bertz CT molecular complexity index is 2180. The molecule has 2 aromatic carbocycles. The van der Waals surface area contributed by atoms with Crippen LogP contribution < -0.4 is 0 Å². The van der Waals surface area contributed by atoms with Crippen molar-refractivity contribution in [3.8, 4) is 33.8 Å². The number of halogens is 3. The van der Waals surface area contributed by atoms with Gasteiger partial charge in [-0.05, 0) is 71.6 Å². The molecule has 1 fully saturated rings. The molecule has 0 atom stereocenters. The van der Waals surface area contributed by atoms with Crippen LogP contribution in [0.2, 0.25) is 0 Å². The lowest BCUT2D eigenvalue weighted by Crippen LogP contribution is -2.24. The minimum absolute atomic E-state index is 0.0756. The van der Waals surface area contributed by atoms with Crippen LogP contribution in [-0.2, 0) is 22.8 Å². The van der Waals surface area contributed by atoms with Crippen LogP contribution in [0, 0.1) is 5.82 Å². The van der Waals surface area contributed by atoms with Crippen molar-refractivity contribution in [2.45, 2.75) is 25.3 Å². The number of aromatic amines is 2. The number of hydrogen-bond donors (Lipinski definition) is 2. The predicted octanol–water partition coefficient (Wildman–Crippen LogP) is 6.40. The van der Waals surface area contributed by atoms with E-state index in [1.54, 1.807) is 29.6 Å². The van der Waals surface area contributed by atoms with Crippen LogP contribution >= 0.6 is 0 Å². The second-order valence-electron chi connectivity index (χ2n) is 11.8. The summed E-state index contributed by atoms with van der Waals surface area (Å²) >= 11 is 0. The van der Waals surface area contributed by atoms with Crippen LogP contribution in [0.4, 0.5) is 13.2 Å². The van der Waals surface area contributed by atoms with Gasteiger partial charge in [-0.15, -0.1) is 0 Å². The van der Waals surface area contributed by atoms with Gasteiger partial charge in [-0.1, -0.05) is 6.07 Å². The van der Waals surface area contributed by atoms with Gasteiger partial charge in [0, 0.05) is 71.8 Å². The lowest BCUT2D eigenvalue weighted by molar-refractivity contribution is 0.0115. The van der Waals surface area contributed by atoms with E-state index in [-0.39, 0.29) is 25.1 Å². The maximum absolute atomic E-state index is 14.6. The third-order valence-corrected chi connectivity index (χ3v) is 9.09. The van der Waals surface area contributed by atoms with Gasteiger partial charge in [0.25, 0.3) is 5.92 Å². The zero-order valence-corrected chi connectivity index (χ0v) is 25.1. The Morgan fingerprint density at radius 1 is 0.911 bits per heavy atom. The van der Waals surface area contributed by atoms with Crippen molar-refractivity contribution in [2.24, 2.45) is 0 Å². The van der Waals surface area contributed by atoms with E-state index in [1.165, 1.54) is 12.1 Å². The van der Waals surface area contributed by atoms with E-state index in [0.29, 0.717) is 35.6 Å². The van der Waals surface area contributed by atoms with Crippen molar-refractivity contribution < 1.29 is 21.6 Å². The Morgan fingerprint density at radius 3 is 2.53 bits per heavy atom.